The molecule has 0 unspecified atom stereocenters. The van der Waals surface area contributed by atoms with Crippen molar-refractivity contribution in [2.45, 2.75) is 11.4 Å². The van der Waals surface area contributed by atoms with Crippen molar-refractivity contribution < 1.29 is 14.3 Å². The van der Waals surface area contributed by atoms with Gasteiger partial charge < -0.3 is 9.64 Å². The largest absolute Gasteiger partial charge is 0.465 e. The molecule has 0 fully saturated rings. The van der Waals surface area contributed by atoms with Crippen LogP contribution in [-0.2, 0) is 11.3 Å². The highest BCUT2D eigenvalue weighted by Gasteiger charge is 2.15. The fourth-order valence-electron chi connectivity index (χ4n) is 2.03. The van der Waals surface area contributed by atoms with Crippen LogP contribution in [0.25, 0.3) is 0 Å². The van der Waals surface area contributed by atoms with Crippen LogP contribution in [0.5, 0.6) is 0 Å². The van der Waals surface area contributed by atoms with Crippen molar-refractivity contribution in [1.29, 1.82) is 0 Å². The van der Waals surface area contributed by atoms with Crippen LogP contribution in [0.2, 0.25) is 0 Å². The number of methoxy groups -OCH3 is 1. The molecule has 0 aliphatic heterocycles. The van der Waals surface area contributed by atoms with Gasteiger partial charge in [-0.1, -0.05) is 12.1 Å². The third-order valence-electron chi connectivity index (χ3n) is 3.33. The normalized spacial score (nSPS) is 10.2. The minimum absolute atomic E-state index is 0.199. The Bertz CT molecular complexity index is 684. The lowest BCUT2D eigenvalue weighted by molar-refractivity contribution is 0.0599. The van der Waals surface area contributed by atoms with Gasteiger partial charge in [-0.05, 0) is 36.1 Å². The second kappa shape index (κ2) is 7.78. The first-order valence-electron chi connectivity index (χ1n) is 6.98. The summed E-state index contributed by atoms with van der Waals surface area (Å²) in [5.74, 6) is -0.672. The van der Waals surface area contributed by atoms with Crippen molar-refractivity contribution in [3.63, 3.8) is 0 Å². The average molecular weight is 330 g/mol. The predicted octanol–water partition coefficient (Wildman–Crippen LogP) is 2.86. The van der Waals surface area contributed by atoms with Crippen LogP contribution in [0, 0.1) is 0 Å². The van der Waals surface area contributed by atoms with Crippen LogP contribution in [-0.4, -0.2) is 42.2 Å². The molecule has 6 heteroatoms. The number of carbonyl (C=O) groups excluding carboxylic acids is 2. The van der Waals surface area contributed by atoms with E-state index in [0.29, 0.717) is 17.8 Å². The first kappa shape index (κ1) is 17.0. The van der Waals surface area contributed by atoms with Crippen molar-refractivity contribution in [2.75, 3.05) is 20.4 Å². The lowest BCUT2D eigenvalue weighted by Gasteiger charge is -2.17. The molecule has 1 aromatic heterocycles. The maximum atomic E-state index is 12.4. The number of pyridine rings is 1. The number of esters is 1. The lowest BCUT2D eigenvalue weighted by Crippen LogP contribution is -2.27. The molecule has 23 heavy (non-hydrogen) atoms. The number of aromatic nitrogens is 1. The number of amides is 1. The average Bonchev–Trinajstić information content (AvgIpc) is 2.61. The van der Waals surface area contributed by atoms with Crippen LogP contribution in [0.1, 0.15) is 26.4 Å². The molecule has 0 aliphatic rings. The zero-order valence-electron chi connectivity index (χ0n) is 13.3. The molecule has 0 atom stereocenters. The van der Waals surface area contributed by atoms with E-state index in [9.17, 15) is 9.59 Å². The molecule has 2 aromatic rings. The molecule has 0 bridgehead atoms. The van der Waals surface area contributed by atoms with E-state index in [1.807, 2.05) is 30.5 Å². The Morgan fingerprint density at radius 1 is 1.17 bits per heavy atom. The molecule has 1 aromatic carbocycles. The van der Waals surface area contributed by atoms with Gasteiger partial charge in [0, 0.05) is 24.7 Å². The van der Waals surface area contributed by atoms with Gasteiger partial charge in [-0.2, -0.15) is 0 Å². The first-order chi connectivity index (χ1) is 11.0. The Balaban J connectivity index is 2.05. The van der Waals surface area contributed by atoms with Gasteiger partial charge in [0.25, 0.3) is 5.91 Å². The zero-order valence-corrected chi connectivity index (χ0v) is 14.1. The molecule has 0 N–H and O–H groups in total. The van der Waals surface area contributed by atoms with Crippen molar-refractivity contribution >= 4 is 23.6 Å². The summed E-state index contributed by atoms with van der Waals surface area (Å²) < 4.78 is 4.61. The van der Waals surface area contributed by atoms with Crippen molar-refractivity contribution in [2.24, 2.45) is 0 Å². The molecule has 1 heterocycles. The standard InChI is InChI=1S/C17H18N2O3S/c1-19(11-12-4-7-14(23-3)8-5-12)16(20)15-9-6-13(10-18-15)17(21)22-2/h4-10H,11H2,1-3H3. The predicted molar refractivity (Wildman–Crippen MR) is 89.6 cm³/mol. The smallest absolute Gasteiger partial charge is 0.339 e. The van der Waals surface area contributed by atoms with Gasteiger partial charge in [0.1, 0.15) is 5.69 Å². The van der Waals surface area contributed by atoms with Crippen LogP contribution >= 0.6 is 11.8 Å². The Morgan fingerprint density at radius 3 is 2.39 bits per heavy atom. The number of hydrogen-bond acceptors (Lipinski definition) is 5. The Labute approximate surface area is 139 Å². The molecule has 0 saturated heterocycles. The number of hydrogen-bond donors (Lipinski definition) is 0. The van der Waals surface area contributed by atoms with Gasteiger partial charge in [-0.15, -0.1) is 11.8 Å². The van der Waals surface area contributed by atoms with E-state index in [4.69, 9.17) is 0 Å². The molecule has 120 valence electrons. The fraction of sp³-hybridized carbons (Fsp3) is 0.235. The topological polar surface area (TPSA) is 59.5 Å². The Kier molecular flexibility index (Phi) is 5.76. The van der Waals surface area contributed by atoms with Crippen LogP contribution < -0.4 is 0 Å². The van der Waals surface area contributed by atoms with Crippen LogP contribution in [0.15, 0.2) is 47.5 Å². The highest BCUT2D eigenvalue weighted by molar-refractivity contribution is 7.98. The van der Waals surface area contributed by atoms with E-state index in [1.54, 1.807) is 23.7 Å². The molecule has 0 saturated carbocycles. The molecule has 0 radical (unpaired) electrons. The molecule has 5 nitrogen and oxygen atoms in total. The highest BCUT2D eigenvalue weighted by atomic mass is 32.2. The van der Waals surface area contributed by atoms with E-state index in [0.717, 1.165) is 5.56 Å². The Morgan fingerprint density at radius 2 is 1.87 bits per heavy atom. The molecule has 0 aliphatic carbocycles. The third-order valence-corrected chi connectivity index (χ3v) is 4.07. The minimum atomic E-state index is -0.473. The van der Waals surface area contributed by atoms with Gasteiger partial charge >= 0.3 is 5.97 Å². The molecule has 2 rings (SSSR count). The molecule has 1 amide bonds. The van der Waals surface area contributed by atoms with Crippen LogP contribution in [0.3, 0.4) is 0 Å². The van der Waals surface area contributed by atoms with Crippen molar-refractivity contribution in [3.8, 4) is 0 Å². The van der Waals surface area contributed by atoms with E-state index in [2.05, 4.69) is 9.72 Å². The number of thioether (sulfide) groups is 1. The van der Waals surface area contributed by atoms with E-state index < -0.39 is 5.97 Å². The maximum Gasteiger partial charge on any atom is 0.339 e. The second-order valence-electron chi connectivity index (χ2n) is 4.93. The summed E-state index contributed by atoms with van der Waals surface area (Å²) in [6, 6.07) is 11.1. The summed E-state index contributed by atoms with van der Waals surface area (Å²) in [7, 11) is 3.03. The van der Waals surface area contributed by atoms with E-state index in [1.165, 1.54) is 30.3 Å². The monoisotopic (exact) mass is 330 g/mol. The summed E-state index contributed by atoms with van der Waals surface area (Å²) in [4.78, 5) is 30.5. The number of ether oxygens (including phenoxy) is 1. The minimum Gasteiger partial charge on any atom is -0.465 e. The molecular weight excluding hydrogens is 312 g/mol. The molecular formula is C17H18N2O3S. The highest BCUT2D eigenvalue weighted by Crippen LogP contribution is 2.16. The Hall–Kier alpha value is -2.34. The number of carbonyl (C=O) groups is 2. The van der Waals surface area contributed by atoms with Gasteiger partial charge in [0.2, 0.25) is 0 Å². The summed E-state index contributed by atoms with van der Waals surface area (Å²) in [6.07, 6.45) is 3.37. The van der Waals surface area contributed by atoms with Gasteiger partial charge in [-0.3, -0.25) is 9.78 Å². The van der Waals surface area contributed by atoms with Crippen LogP contribution in [0.4, 0.5) is 0 Å². The van der Waals surface area contributed by atoms with E-state index >= 15 is 0 Å². The fourth-order valence-corrected chi connectivity index (χ4v) is 2.44. The van der Waals surface area contributed by atoms with Crippen molar-refractivity contribution in [3.05, 3.63) is 59.4 Å². The van der Waals surface area contributed by atoms with Gasteiger partial charge in [0.05, 0.1) is 12.7 Å². The summed E-state index contributed by atoms with van der Waals surface area (Å²) in [6.45, 7) is 0.494. The first-order valence-corrected chi connectivity index (χ1v) is 8.20. The number of nitrogens with zero attached hydrogens (tertiary/aromatic N) is 2. The maximum absolute atomic E-state index is 12.4. The SMILES string of the molecule is COC(=O)c1ccc(C(=O)N(C)Cc2ccc(SC)cc2)nc1. The third kappa shape index (κ3) is 4.32. The van der Waals surface area contributed by atoms with Crippen molar-refractivity contribution in [1.82, 2.24) is 9.88 Å². The van der Waals surface area contributed by atoms with E-state index in [-0.39, 0.29) is 5.91 Å². The van der Waals surface area contributed by atoms with Gasteiger partial charge in [0.15, 0.2) is 0 Å². The zero-order chi connectivity index (χ0) is 16.8. The number of benzene rings is 1. The van der Waals surface area contributed by atoms with Gasteiger partial charge in [-0.25, -0.2) is 4.79 Å². The number of rotatable bonds is 5. The second-order valence-corrected chi connectivity index (χ2v) is 5.81. The lowest BCUT2D eigenvalue weighted by atomic mass is 10.2. The molecule has 0 spiro atoms. The summed E-state index contributed by atoms with van der Waals surface area (Å²) in [5, 5.41) is 0. The summed E-state index contributed by atoms with van der Waals surface area (Å²) in [5.41, 5.74) is 1.66. The summed E-state index contributed by atoms with van der Waals surface area (Å²) >= 11 is 1.68. The quantitative estimate of drug-likeness (QED) is 0.623.